The second-order valence-corrected chi connectivity index (χ2v) is 11.3. The smallest absolute Gasteiger partial charge is 0.419 e. The first kappa shape index (κ1) is 32.5. The quantitative estimate of drug-likeness (QED) is 0.0868. The van der Waals surface area contributed by atoms with Crippen LogP contribution in [0.2, 0.25) is 0 Å². The van der Waals surface area contributed by atoms with Crippen molar-refractivity contribution in [3.63, 3.8) is 0 Å². The maximum Gasteiger partial charge on any atom is 0.419 e. The second-order valence-electron chi connectivity index (χ2n) is 11.3. The SMILES string of the molecule is CCC(CCCCOCCCCC(CC)(CC)CN1CC[N+]([O-])(CC)C1=O)CCN1C(=O)CN(CC)C1=O. The Labute approximate surface area is 231 Å². The number of nitrogens with zero attached hydrogens (tertiary/aromatic N) is 4. The van der Waals surface area contributed by atoms with E-state index in [9.17, 15) is 19.6 Å². The molecule has 2 heterocycles. The molecule has 2 unspecified atom stereocenters. The predicted molar refractivity (Wildman–Crippen MR) is 150 cm³/mol. The minimum Gasteiger partial charge on any atom is -0.624 e. The van der Waals surface area contributed by atoms with Gasteiger partial charge in [0.2, 0.25) is 5.91 Å². The molecule has 2 aliphatic rings. The molecule has 0 spiro atoms. The van der Waals surface area contributed by atoms with Gasteiger partial charge in [-0.3, -0.25) is 19.2 Å². The molecular weight excluding hydrogens is 484 g/mol. The van der Waals surface area contributed by atoms with Crippen LogP contribution in [-0.2, 0) is 9.53 Å². The summed E-state index contributed by atoms with van der Waals surface area (Å²) in [5.41, 5.74) is 0.0762. The summed E-state index contributed by atoms with van der Waals surface area (Å²) in [6.45, 7) is 15.1. The number of rotatable bonds is 20. The van der Waals surface area contributed by atoms with Gasteiger partial charge in [0, 0.05) is 32.8 Å². The summed E-state index contributed by atoms with van der Waals surface area (Å²) in [6, 6.07) is -0.394. The van der Waals surface area contributed by atoms with E-state index in [2.05, 4.69) is 20.8 Å². The summed E-state index contributed by atoms with van der Waals surface area (Å²) < 4.78 is 5.20. The molecule has 220 valence electrons. The maximum atomic E-state index is 12.6. The number of amides is 5. The molecule has 2 aliphatic heterocycles. The Hall–Kier alpha value is -1.71. The lowest BCUT2D eigenvalue weighted by atomic mass is 9.77. The van der Waals surface area contributed by atoms with Crippen LogP contribution in [-0.4, -0.2) is 96.3 Å². The third-order valence-electron chi connectivity index (χ3n) is 9.13. The molecule has 0 aromatic heterocycles. The summed E-state index contributed by atoms with van der Waals surface area (Å²) >= 11 is 0. The number of carbonyl (C=O) groups excluding carboxylic acids is 3. The van der Waals surface area contributed by atoms with E-state index in [0.717, 1.165) is 77.4 Å². The lowest BCUT2D eigenvalue weighted by Gasteiger charge is -2.37. The monoisotopic (exact) mass is 538 g/mol. The molecule has 0 aromatic carbocycles. The van der Waals surface area contributed by atoms with Crippen molar-refractivity contribution in [1.29, 1.82) is 0 Å². The molecule has 0 radical (unpaired) electrons. The van der Waals surface area contributed by atoms with E-state index in [-0.39, 0.29) is 29.9 Å². The molecule has 0 saturated carbocycles. The second kappa shape index (κ2) is 15.8. The van der Waals surface area contributed by atoms with Gasteiger partial charge < -0.3 is 14.8 Å². The van der Waals surface area contributed by atoms with Crippen LogP contribution < -0.4 is 0 Å². The molecule has 9 heteroatoms. The Balaban J connectivity index is 1.58. The molecule has 0 bridgehead atoms. The minimum absolute atomic E-state index is 0.0695. The molecule has 0 aromatic rings. The van der Waals surface area contributed by atoms with E-state index >= 15 is 0 Å². The van der Waals surface area contributed by atoms with Gasteiger partial charge in [0.15, 0.2) is 0 Å². The molecule has 2 rings (SSSR count). The largest absolute Gasteiger partial charge is 0.624 e. The Bertz CT molecular complexity index is 759. The lowest BCUT2D eigenvalue weighted by Crippen LogP contribution is -2.47. The van der Waals surface area contributed by atoms with Crippen LogP contribution in [0.5, 0.6) is 0 Å². The number of hydroxylamine groups is 3. The fraction of sp³-hybridized carbons (Fsp3) is 0.897. The number of imide groups is 1. The van der Waals surface area contributed by atoms with Crippen molar-refractivity contribution in [2.75, 3.05) is 59.0 Å². The maximum absolute atomic E-state index is 12.6. The Morgan fingerprint density at radius 3 is 2.18 bits per heavy atom. The van der Waals surface area contributed by atoms with Crippen molar-refractivity contribution in [2.45, 2.75) is 98.8 Å². The summed E-state index contributed by atoms with van der Waals surface area (Å²) in [6.07, 6.45) is 10.3. The van der Waals surface area contributed by atoms with Crippen molar-refractivity contribution in [3.05, 3.63) is 5.21 Å². The summed E-state index contributed by atoms with van der Waals surface area (Å²) in [5, 5.41) is 12.6. The number of quaternary nitrogens is 1. The van der Waals surface area contributed by atoms with Crippen LogP contribution in [0, 0.1) is 16.5 Å². The Kier molecular flexibility index (Phi) is 13.5. The minimum atomic E-state index is -0.703. The van der Waals surface area contributed by atoms with E-state index in [4.69, 9.17) is 4.74 Å². The molecule has 2 atom stereocenters. The van der Waals surface area contributed by atoms with Crippen LogP contribution in [0.25, 0.3) is 0 Å². The highest BCUT2D eigenvalue weighted by Crippen LogP contribution is 2.35. The van der Waals surface area contributed by atoms with Crippen LogP contribution in [0.3, 0.4) is 0 Å². The molecule has 0 N–H and O–H groups in total. The van der Waals surface area contributed by atoms with Crippen molar-refractivity contribution < 1.29 is 23.8 Å². The van der Waals surface area contributed by atoms with Crippen LogP contribution >= 0.6 is 0 Å². The molecular formula is C29H54N4O5. The first-order valence-electron chi connectivity index (χ1n) is 15.2. The van der Waals surface area contributed by atoms with Gasteiger partial charge in [-0.05, 0) is 63.7 Å². The van der Waals surface area contributed by atoms with Crippen LogP contribution in [0.1, 0.15) is 98.8 Å². The zero-order valence-electron chi connectivity index (χ0n) is 24.8. The number of carbonyl (C=O) groups is 3. The zero-order valence-corrected chi connectivity index (χ0v) is 24.8. The number of ether oxygens (including phenoxy) is 1. The average Bonchev–Trinajstić information content (AvgIpc) is 3.37. The predicted octanol–water partition coefficient (Wildman–Crippen LogP) is 5.62. The third-order valence-corrected chi connectivity index (χ3v) is 9.13. The standard InChI is InChI=1S/C29H54N4O5/c1-6-25(16-18-32-26(34)23-30(9-4)27(32)35)15-11-13-21-38-22-14-12-17-29(7-2,8-3)24-31-19-20-33(37,10-5)28(31)36/h25H,6-24H2,1-5H3. The van der Waals surface area contributed by atoms with Gasteiger partial charge >= 0.3 is 12.1 Å². The first-order valence-corrected chi connectivity index (χ1v) is 15.2. The Morgan fingerprint density at radius 2 is 1.63 bits per heavy atom. The van der Waals surface area contributed by atoms with Gasteiger partial charge in [-0.15, -0.1) is 0 Å². The third kappa shape index (κ3) is 8.65. The van der Waals surface area contributed by atoms with E-state index in [1.807, 2.05) is 11.8 Å². The van der Waals surface area contributed by atoms with E-state index in [0.29, 0.717) is 45.2 Å². The molecule has 9 nitrogen and oxygen atoms in total. The molecule has 2 fully saturated rings. The summed E-state index contributed by atoms with van der Waals surface area (Å²) in [4.78, 5) is 41.8. The van der Waals surface area contributed by atoms with Gasteiger partial charge in [-0.25, -0.2) is 9.59 Å². The van der Waals surface area contributed by atoms with E-state index in [1.165, 1.54) is 4.90 Å². The fourth-order valence-electron chi connectivity index (χ4n) is 5.85. The highest BCUT2D eigenvalue weighted by Gasteiger charge is 2.42. The number of likely N-dealkylation sites (N-methyl/N-ethyl adjacent to an activating group) is 2. The molecule has 0 aliphatic carbocycles. The molecule has 2 saturated heterocycles. The van der Waals surface area contributed by atoms with Crippen LogP contribution in [0.15, 0.2) is 0 Å². The van der Waals surface area contributed by atoms with Crippen molar-refractivity contribution in [1.82, 2.24) is 14.7 Å². The number of unbranched alkanes of at least 4 members (excludes halogenated alkanes) is 2. The van der Waals surface area contributed by atoms with Crippen molar-refractivity contribution >= 4 is 18.0 Å². The van der Waals surface area contributed by atoms with Gasteiger partial charge in [0.25, 0.3) is 0 Å². The van der Waals surface area contributed by atoms with Gasteiger partial charge in [-0.2, -0.15) is 0 Å². The zero-order chi connectivity index (χ0) is 28.2. The molecule has 5 amide bonds. The normalized spacial score (nSPS) is 21.3. The average molecular weight is 539 g/mol. The van der Waals surface area contributed by atoms with E-state index in [1.54, 1.807) is 11.8 Å². The van der Waals surface area contributed by atoms with Crippen molar-refractivity contribution in [3.8, 4) is 0 Å². The van der Waals surface area contributed by atoms with Crippen molar-refractivity contribution in [2.24, 2.45) is 11.3 Å². The number of hydrogen-bond acceptors (Lipinski definition) is 5. The number of urea groups is 2. The lowest BCUT2D eigenvalue weighted by molar-refractivity contribution is -0.787. The van der Waals surface area contributed by atoms with Crippen LogP contribution in [0.4, 0.5) is 9.59 Å². The van der Waals surface area contributed by atoms with E-state index < -0.39 is 4.65 Å². The Morgan fingerprint density at radius 1 is 0.947 bits per heavy atom. The number of hydrogen-bond donors (Lipinski definition) is 0. The van der Waals surface area contributed by atoms with Gasteiger partial charge in [0.05, 0.1) is 13.1 Å². The molecule has 38 heavy (non-hydrogen) atoms. The topological polar surface area (TPSA) is 93.2 Å². The highest BCUT2D eigenvalue weighted by molar-refractivity contribution is 6.01. The fourth-order valence-corrected chi connectivity index (χ4v) is 5.85. The summed E-state index contributed by atoms with van der Waals surface area (Å²) in [7, 11) is 0. The van der Waals surface area contributed by atoms with Gasteiger partial charge in [0.1, 0.15) is 13.1 Å². The first-order chi connectivity index (χ1) is 18.2. The van der Waals surface area contributed by atoms with Gasteiger partial charge in [-0.1, -0.05) is 46.5 Å². The highest BCUT2D eigenvalue weighted by atomic mass is 16.6. The summed E-state index contributed by atoms with van der Waals surface area (Å²) in [5.74, 6) is 0.452.